The van der Waals surface area contributed by atoms with E-state index in [4.69, 9.17) is 4.74 Å². The summed E-state index contributed by atoms with van der Waals surface area (Å²) in [6, 6.07) is 13.3. The number of carbonyl (C=O) groups is 2. The number of amides is 2. The van der Waals surface area contributed by atoms with Crippen LogP contribution in [0.25, 0.3) is 0 Å². The van der Waals surface area contributed by atoms with Crippen LogP contribution in [0.3, 0.4) is 0 Å². The average Bonchev–Trinajstić information content (AvgIpc) is 2.70. The maximum absolute atomic E-state index is 13.7. The van der Waals surface area contributed by atoms with Crippen LogP contribution in [-0.2, 0) is 20.7 Å². The fraction of sp³-hybridized carbons (Fsp3) is 0.364. The summed E-state index contributed by atoms with van der Waals surface area (Å²) in [5.74, 6) is -0.757. The number of ether oxygens (including phenoxy) is 1. The second-order valence-corrected chi connectivity index (χ2v) is 7.16. The van der Waals surface area contributed by atoms with Crippen LogP contribution in [-0.4, -0.2) is 37.6 Å². The molecule has 0 aliphatic carbocycles. The Morgan fingerprint density at radius 3 is 2.79 bits per heavy atom. The molecule has 154 valence electrons. The lowest BCUT2D eigenvalue weighted by Crippen LogP contribution is -2.44. The van der Waals surface area contributed by atoms with E-state index in [-0.39, 0.29) is 30.3 Å². The Kier molecular flexibility index (Phi) is 7.32. The Morgan fingerprint density at radius 2 is 2.03 bits per heavy atom. The molecule has 2 amide bonds. The van der Waals surface area contributed by atoms with Crippen molar-refractivity contribution in [3.63, 3.8) is 0 Å². The molecule has 2 atom stereocenters. The highest BCUT2D eigenvalue weighted by Crippen LogP contribution is 2.18. The highest BCUT2D eigenvalue weighted by atomic mass is 19.1. The Balaban J connectivity index is 1.54. The van der Waals surface area contributed by atoms with Crippen LogP contribution in [0.5, 0.6) is 0 Å². The van der Waals surface area contributed by atoms with Crippen molar-refractivity contribution in [2.45, 2.75) is 31.8 Å². The van der Waals surface area contributed by atoms with Crippen molar-refractivity contribution in [3.8, 4) is 0 Å². The molecule has 0 radical (unpaired) electrons. The van der Waals surface area contributed by atoms with Gasteiger partial charge in [-0.1, -0.05) is 30.3 Å². The molecule has 2 unspecified atom stereocenters. The number of hydrogen-bond donors (Lipinski definition) is 3. The van der Waals surface area contributed by atoms with Gasteiger partial charge in [-0.3, -0.25) is 9.59 Å². The number of nitrogens with one attached hydrogen (secondary N) is 3. The van der Waals surface area contributed by atoms with E-state index in [1.807, 2.05) is 25.1 Å². The average molecular weight is 399 g/mol. The summed E-state index contributed by atoms with van der Waals surface area (Å²) in [6.07, 6.45) is 0.309. The summed E-state index contributed by atoms with van der Waals surface area (Å²) < 4.78 is 19.1. The van der Waals surface area contributed by atoms with Gasteiger partial charge in [-0.15, -0.1) is 0 Å². The fourth-order valence-electron chi connectivity index (χ4n) is 3.26. The topological polar surface area (TPSA) is 79.5 Å². The minimum absolute atomic E-state index is 0.0277. The van der Waals surface area contributed by atoms with E-state index >= 15 is 0 Å². The number of halogens is 1. The lowest BCUT2D eigenvalue weighted by atomic mass is 10.1. The van der Waals surface area contributed by atoms with Crippen molar-refractivity contribution in [1.82, 2.24) is 10.6 Å². The quantitative estimate of drug-likeness (QED) is 0.669. The van der Waals surface area contributed by atoms with Crippen LogP contribution in [0, 0.1) is 5.82 Å². The zero-order chi connectivity index (χ0) is 20.6. The molecular weight excluding hydrogens is 373 g/mol. The molecule has 1 aliphatic heterocycles. The summed E-state index contributed by atoms with van der Waals surface area (Å²) in [7, 11) is 0. The van der Waals surface area contributed by atoms with Crippen LogP contribution in [0.4, 0.5) is 10.1 Å². The Morgan fingerprint density at radius 1 is 1.21 bits per heavy atom. The molecule has 0 spiro atoms. The van der Waals surface area contributed by atoms with E-state index in [0.29, 0.717) is 30.9 Å². The molecule has 0 aromatic heterocycles. The molecule has 0 bridgehead atoms. The van der Waals surface area contributed by atoms with Crippen molar-refractivity contribution in [2.24, 2.45) is 0 Å². The highest BCUT2D eigenvalue weighted by molar-refractivity contribution is 5.92. The van der Waals surface area contributed by atoms with Crippen molar-refractivity contribution >= 4 is 17.5 Å². The van der Waals surface area contributed by atoms with Crippen molar-refractivity contribution in [1.29, 1.82) is 0 Å². The van der Waals surface area contributed by atoms with Gasteiger partial charge in [-0.25, -0.2) is 4.39 Å². The molecule has 7 heteroatoms. The van der Waals surface area contributed by atoms with Gasteiger partial charge in [0.25, 0.3) is 0 Å². The normalized spacial score (nSPS) is 17.4. The molecule has 3 rings (SSSR count). The second-order valence-electron chi connectivity index (χ2n) is 7.16. The van der Waals surface area contributed by atoms with Crippen LogP contribution in [0.2, 0.25) is 0 Å². The fourth-order valence-corrected chi connectivity index (χ4v) is 3.26. The van der Waals surface area contributed by atoms with Crippen molar-refractivity contribution in [3.05, 3.63) is 65.5 Å². The number of hydrogen-bond acceptors (Lipinski definition) is 4. The van der Waals surface area contributed by atoms with Gasteiger partial charge >= 0.3 is 0 Å². The summed E-state index contributed by atoms with van der Waals surface area (Å²) in [4.78, 5) is 24.5. The third-order valence-corrected chi connectivity index (χ3v) is 4.79. The zero-order valence-electron chi connectivity index (χ0n) is 16.4. The molecule has 3 N–H and O–H groups in total. The van der Waals surface area contributed by atoms with Gasteiger partial charge in [0.05, 0.1) is 25.7 Å². The minimum atomic E-state index is -0.398. The van der Waals surface area contributed by atoms with Gasteiger partial charge in [0, 0.05) is 24.7 Å². The third-order valence-electron chi connectivity index (χ3n) is 4.79. The van der Waals surface area contributed by atoms with Gasteiger partial charge < -0.3 is 20.7 Å². The van der Waals surface area contributed by atoms with Crippen LogP contribution < -0.4 is 16.0 Å². The van der Waals surface area contributed by atoms with Crippen molar-refractivity contribution < 1.29 is 18.7 Å². The second kappa shape index (κ2) is 10.1. The number of morpholine rings is 1. The van der Waals surface area contributed by atoms with Gasteiger partial charge in [0.2, 0.25) is 11.8 Å². The van der Waals surface area contributed by atoms with E-state index in [9.17, 15) is 14.0 Å². The summed E-state index contributed by atoms with van der Waals surface area (Å²) in [6.45, 7) is 3.85. The van der Waals surface area contributed by atoms with E-state index < -0.39 is 5.82 Å². The number of benzene rings is 2. The number of anilines is 1. The smallest absolute Gasteiger partial charge is 0.228 e. The molecule has 1 fully saturated rings. The minimum Gasteiger partial charge on any atom is -0.378 e. The van der Waals surface area contributed by atoms with Gasteiger partial charge in [-0.05, 0) is 36.2 Å². The molecule has 2 aromatic carbocycles. The molecule has 2 aromatic rings. The lowest BCUT2D eigenvalue weighted by Gasteiger charge is -2.24. The van der Waals surface area contributed by atoms with Crippen molar-refractivity contribution in [2.75, 3.05) is 25.1 Å². The summed E-state index contributed by atoms with van der Waals surface area (Å²) >= 11 is 0. The van der Waals surface area contributed by atoms with Gasteiger partial charge in [-0.2, -0.15) is 0 Å². The van der Waals surface area contributed by atoms with E-state index in [1.54, 1.807) is 24.3 Å². The zero-order valence-corrected chi connectivity index (χ0v) is 16.4. The first kappa shape index (κ1) is 21.0. The summed E-state index contributed by atoms with van der Waals surface area (Å²) in [5.41, 5.74) is 1.82. The monoisotopic (exact) mass is 399 g/mol. The van der Waals surface area contributed by atoms with Crippen LogP contribution >= 0.6 is 0 Å². The predicted molar refractivity (Wildman–Crippen MR) is 109 cm³/mol. The van der Waals surface area contributed by atoms with Crippen LogP contribution in [0.15, 0.2) is 48.5 Å². The summed E-state index contributed by atoms with van der Waals surface area (Å²) in [5, 5.41) is 9.02. The first-order chi connectivity index (χ1) is 14.0. The molecular formula is C22H26FN3O3. The van der Waals surface area contributed by atoms with E-state index in [0.717, 1.165) is 12.1 Å². The largest absolute Gasteiger partial charge is 0.378 e. The van der Waals surface area contributed by atoms with E-state index in [1.165, 1.54) is 6.07 Å². The Hall–Kier alpha value is -2.77. The van der Waals surface area contributed by atoms with E-state index in [2.05, 4.69) is 16.0 Å². The molecule has 6 nitrogen and oxygen atoms in total. The molecule has 0 saturated carbocycles. The third kappa shape index (κ3) is 6.37. The SMILES string of the molecule is CC(NC(=O)CC1COCCN1)c1cccc(NC(=O)Cc2ccccc2F)c1. The Labute approximate surface area is 169 Å². The number of rotatable bonds is 7. The molecule has 1 saturated heterocycles. The number of carbonyl (C=O) groups excluding carboxylic acids is 2. The first-order valence-electron chi connectivity index (χ1n) is 9.75. The lowest BCUT2D eigenvalue weighted by molar-refractivity contribution is -0.123. The van der Waals surface area contributed by atoms with Gasteiger partial charge in [0.1, 0.15) is 5.82 Å². The standard InChI is InChI=1S/C22H26FN3O3/c1-15(25-22(28)13-19-14-29-10-9-24-19)16-6-4-7-18(11-16)26-21(27)12-17-5-2-3-8-20(17)23/h2-8,11,15,19,24H,9-10,12-14H2,1H3,(H,25,28)(H,26,27). The van der Waals surface area contributed by atoms with Crippen LogP contribution in [0.1, 0.15) is 30.5 Å². The predicted octanol–water partition coefficient (Wildman–Crippen LogP) is 2.56. The van der Waals surface area contributed by atoms with Gasteiger partial charge in [0.15, 0.2) is 0 Å². The maximum Gasteiger partial charge on any atom is 0.228 e. The first-order valence-corrected chi connectivity index (χ1v) is 9.75. The molecule has 1 aliphatic rings. The Bertz CT molecular complexity index is 853. The molecule has 29 heavy (non-hydrogen) atoms. The maximum atomic E-state index is 13.7. The molecule has 1 heterocycles. The highest BCUT2D eigenvalue weighted by Gasteiger charge is 2.18.